The van der Waals surface area contributed by atoms with Crippen LogP contribution in [0.5, 0.6) is 0 Å². The minimum Gasteiger partial charge on any atom is -0.353 e. The second-order valence-corrected chi connectivity index (χ2v) is 4.21. The molecule has 1 aliphatic heterocycles. The van der Waals surface area contributed by atoms with Crippen LogP contribution in [0, 0.1) is 0 Å². The van der Waals surface area contributed by atoms with Crippen LogP contribution in [0.4, 0.5) is 5.82 Å². The molecule has 15 heavy (non-hydrogen) atoms. The molecule has 0 atom stereocenters. The molecule has 2 rings (SSSR count). The molecule has 1 aromatic heterocycles. The number of hydrogen-bond donors (Lipinski definition) is 1. The average molecular weight is 206 g/mol. The van der Waals surface area contributed by atoms with Gasteiger partial charge in [0, 0.05) is 25.7 Å². The third-order valence-electron chi connectivity index (χ3n) is 2.92. The largest absolute Gasteiger partial charge is 0.353 e. The Balaban J connectivity index is 2.00. The van der Waals surface area contributed by atoms with Crippen LogP contribution >= 0.6 is 0 Å². The Bertz CT molecular complexity index is 331. The topological polar surface area (TPSA) is 45.4 Å². The van der Waals surface area contributed by atoms with Gasteiger partial charge < -0.3 is 15.5 Å². The van der Waals surface area contributed by atoms with E-state index in [1.165, 1.54) is 0 Å². The lowest BCUT2D eigenvalue weighted by Gasteiger charge is -2.43. The molecular formula is C11H18N4. The van der Waals surface area contributed by atoms with Gasteiger partial charge in [0.2, 0.25) is 0 Å². The van der Waals surface area contributed by atoms with E-state index in [4.69, 9.17) is 5.73 Å². The van der Waals surface area contributed by atoms with Crippen molar-refractivity contribution in [2.45, 2.75) is 12.6 Å². The smallest absolute Gasteiger partial charge is 0.128 e. The van der Waals surface area contributed by atoms with Crippen molar-refractivity contribution in [3.8, 4) is 0 Å². The van der Waals surface area contributed by atoms with Gasteiger partial charge in [0.05, 0.1) is 5.69 Å². The van der Waals surface area contributed by atoms with E-state index < -0.39 is 0 Å². The molecule has 4 nitrogen and oxygen atoms in total. The van der Waals surface area contributed by atoms with Gasteiger partial charge in [0.25, 0.3) is 0 Å². The summed E-state index contributed by atoms with van der Waals surface area (Å²) in [6.45, 7) is 2.64. The minimum absolute atomic E-state index is 0.513. The monoisotopic (exact) mass is 206 g/mol. The Labute approximate surface area is 90.7 Å². The highest BCUT2D eigenvalue weighted by Gasteiger charge is 2.28. The number of rotatable bonds is 3. The average Bonchev–Trinajstić information content (AvgIpc) is 2.15. The highest BCUT2D eigenvalue weighted by atomic mass is 15.3. The molecule has 0 saturated carbocycles. The summed E-state index contributed by atoms with van der Waals surface area (Å²) in [5.41, 5.74) is 6.52. The Morgan fingerprint density at radius 3 is 2.80 bits per heavy atom. The lowest BCUT2D eigenvalue weighted by Crippen LogP contribution is -2.57. The highest BCUT2D eigenvalue weighted by Crippen LogP contribution is 2.20. The fourth-order valence-electron chi connectivity index (χ4n) is 1.73. The zero-order valence-corrected chi connectivity index (χ0v) is 9.35. The van der Waals surface area contributed by atoms with Crippen molar-refractivity contribution < 1.29 is 0 Å². The quantitative estimate of drug-likeness (QED) is 0.772. The normalized spacial score (nSPS) is 16.9. The summed E-state index contributed by atoms with van der Waals surface area (Å²) in [5.74, 6) is 1.05. The van der Waals surface area contributed by atoms with Crippen LogP contribution < -0.4 is 10.6 Å². The summed E-state index contributed by atoms with van der Waals surface area (Å²) in [6, 6.07) is 6.69. The third kappa shape index (κ3) is 2.11. The Hall–Kier alpha value is -1.13. The maximum Gasteiger partial charge on any atom is 0.128 e. The van der Waals surface area contributed by atoms with Crippen LogP contribution in [-0.2, 0) is 6.54 Å². The molecule has 82 valence electrons. The van der Waals surface area contributed by atoms with Gasteiger partial charge in [-0.25, -0.2) is 4.98 Å². The van der Waals surface area contributed by atoms with Crippen molar-refractivity contribution in [3.05, 3.63) is 23.9 Å². The van der Waals surface area contributed by atoms with E-state index in [0.717, 1.165) is 24.6 Å². The molecule has 0 unspecified atom stereocenters. The van der Waals surface area contributed by atoms with Gasteiger partial charge in [-0.1, -0.05) is 6.07 Å². The summed E-state index contributed by atoms with van der Waals surface area (Å²) in [6.07, 6.45) is 0. The molecule has 2 N–H and O–H groups in total. The number of pyridine rings is 1. The highest BCUT2D eigenvalue weighted by molar-refractivity contribution is 5.43. The molecule has 2 heterocycles. The predicted octanol–water partition coefficient (Wildman–Crippen LogP) is 0.290. The number of aromatic nitrogens is 1. The molecule has 1 fully saturated rings. The molecule has 4 heteroatoms. The second-order valence-electron chi connectivity index (χ2n) is 4.21. The Morgan fingerprint density at radius 1 is 1.47 bits per heavy atom. The molecule has 0 aliphatic carbocycles. The van der Waals surface area contributed by atoms with Gasteiger partial charge in [-0.05, 0) is 26.2 Å². The molecule has 1 aromatic rings. The number of nitrogens with two attached hydrogens (primary N) is 1. The van der Waals surface area contributed by atoms with Crippen LogP contribution in [0.3, 0.4) is 0 Å². The first-order valence-electron chi connectivity index (χ1n) is 5.28. The van der Waals surface area contributed by atoms with E-state index in [0.29, 0.717) is 12.6 Å². The van der Waals surface area contributed by atoms with Gasteiger partial charge in [0.1, 0.15) is 5.82 Å². The van der Waals surface area contributed by atoms with Crippen molar-refractivity contribution in [3.63, 3.8) is 0 Å². The van der Waals surface area contributed by atoms with E-state index in [1.54, 1.807) is 0 Å². The second kappa shape index (κ2) is 4.16. The molecule has 1 saturated heterocycles. The van der Waals surface area contributed by atoms with Crippen LogP contribution in [0.15, 0.2) is 18.2 Å². The van der Waals surface area contributed by atoms with Gasteiger partial charge in [-0.15, -0.1) is 0 Å². The maximum absolute atomic E-state index is 5.56. The summed E-state index contributed by atoms with van der Waals surface area (Å²) >= 11 is 0. The van der Waals surface area contributed by atoms with E-state index in [1.807, 2.05) is 18.2 Å². The Kier molecular flexibility index (Phi) is 2.88. The van der Waals surface area contributed by atoms with Crippen molar-refractivity contribution >= 4 is 5.82 Å². The van der Waals surface area contributed by atoms with Crippen molar-refractivity contribution in [1.82, 2.24) is 9.88 Å². The molecular weight excluding hydrogens is 188 g/mol. The van der Waals surface area contributed by atoms with Gasteiger partial charge in [-0.2, -0.15) is 0 Å². The van der Waals surface area contributed by atoms with Gasteiger partial charge in [0.15, 0.2) is 0 Å². The van der Waals surface area contributed by atoms with Crippen LogP contribution in [-0.4, -0.2) is 43.1 Å². The maximum atomic E-state index is 5.56. The lowest BCUT2D eigenvalue weighted by molar-refractivity contribution is 0.246. The van der Waals surface area contributed by atoms with E-state index >= 15 is 0 Å². The molecule has 0 spiro atoms. The first-order valence-corrected chi connectivity index (χ1v) is 5.28. The summed E-state index contributed by atoms with van der Waals surface area (Å²) in [4.78, 5) is 9.02. The number of likely N-dealkylation sites (N-methyl/N-ethyl adjacent to an activating group) is 1. The predicted molar refractivity (Wildman–Crippen MR) is 61.8 cm³/mol. The van der Waals surface area contributed by atoms with Crippen LogP contribution in [0.25, 0.3) is 0 Å². The molecule has 0 radical (unpaired) electrons. The van der Waals surface area contributed by atoms with E-state index in [9.17, 15) is 0 Å². The molecule has 0 bridgehead atoms. The first kappa shape index (κ1) is 10.4. The fourth-order valence-corrected chi connectivity index (χ4v) is 1.73. The minimum atomic E-state index is 0.513. The van der Waals surface area contributed by atoms with Crippen LogP contribution in [0.2, 0.25) is 0 Å². The Morgan fingerprint density at radius 2 is 2.20 bits per heavy atom. The first-order chi connectivity index (χ1) is 7.20. The van der Waals surface area contributed by atoms with E-state index in [-0.39, 0.29) is 0 Å². The van der Waals surface area contributed by atoms with Gasteiger partial charge >= 0.3 is 0 Å². The van der Waals surface area contributed by atoms with Gasteiger partial charge in [-0.3, -0.25) is 0 Å². The number of hydrogen-bond acceptors (Lipinski definition) is 4. The lowest BCUT2D eigenvalue weighted by atomic mass is 10.1. The standard InChI is InChI=1S/C11H18N4/c1-14(2)10-7-15(8-10)11-5-3-4-9(6-12)13-11/h3-5,10H,6-8,12H2,1-2H3. The molecule has 0 amide bonds. The number of anilines is 1. The molecule has 0 aromatic carbocycles. The van der Waals surface area contributed by atoms with E-state index in [2.05, 4.69) is 28.9 Å². The number of nitrogens with zero attached hydrogens (tertiary/aromatic N) is 3. The SMILES string of the molecule is CN(C)C1CN(c2cccc(CN)n2)C1. The summed E-state index contributed by atoms with van der Waals surface area (Å²) in [5, 5.41) is 0. The third-order valence-corrected chi connectivity index (χ3v) is 2.92. The molecule has 1 aliphatic rings. The zero-order valence-electron chi connectivity index (χ0n) is 9.35. The van der Waals surface area contributed by atoms with Crippen molar-refractivity contribution in [2.24, 2.45) is 5.73 Å². The zero-order chi connectivity index (χ0) is 10.8. The fraction of sp³-hybridized carbons (Fsp3) is 0.545. The van der Waals surface area contributed by atoms with Crippen molar-refractivity contribution in [2.75, 3.05) is 32.1 Å². The van der Waals surface area contributed by atoms with Crippen LogP contribution in [0.1, 0.15) is 5.69 Å². The van der Waals surface area contributed by atoms with Crippen molar-refractivity contribution in [1.29, 1.82) is 0 Å². The summed E-state index contributed by atoms with van der Waals surface area (Å²) in [7, 11) is 4.23. The summed E-state index contributed by atoms with van der Waals surface area (Å²) < 4.78 is 0.